The van der Waals surface area contributed by atoms with Gasteiger partial charge in [0.25, 0.3) is 0 Å². The third-order valence-electron chi connectivity index (χ3n) is 3.91. The summed E-state index contributed by atoms with van der Waals surface area (Å²) in [5.41, 5.74) is 1.52. The van der Waals surface area contributed by atoms with Crippen LogP contribution in [0, 0.1) is 0 Å². The van der Waals surface area contributed by atoms with Gasteiger partial charge in [-0.1, -0.05) is 15.9 Å². The van der Waals surface area contributed by atoms with Crippen LogP contribution in [0.3, 0.4) is 0 Å². The van der Waals surface area contributed by atoms with Gasteiger partial charge in [0.1, 0.15) is 5.58 Å². The lowest BCUT2D eigenvalue weighted by Gasteiger charge is -2.04. The SMILES string of the molecule is NS(=O)(=O)c1ccc(Nc2nc(-c3cc4cc(Br)ccc4oc3=O)cs2)cc1. The van der Waals surface area contributed by atoms with Gasteiger partial charge in [0, 0.05) is 20.9 Å². The number of thiazole rings is 1. The lowest BCUT2D eigenvalue weighted by atomic mass is 10.1. The predicted octanol–water partition coefficient (Wildman–Crippen LogP) is 4.07. The standard InChI is InChI=1S/C18H12BrN3O4S2/c19-11-1-6-16-10(7-11)8-14(17(23)26-16)15-9-27-18(22-15)21-12-2-4-13(5-3-12)28(20,24)25/h1-9H,(H,21,22)(H2,20,24,25). The zero-order chi connectivity index (χ0) is 19.9. The molecule has 0 aliphatic carbocycles. The highest BCUT2D eigenvalue weighted by Crippen LogP contribution is 2.28. The number of nitrogens with zero attached hydrogens (tertiary/aromatic N) is 1. The highest BCUT2D eigenvalue weighted by Gasteiger charge is 2.13. The zero-order valence-electron chi connectivity index (χ0n) is 14.0. The molecule has 0 aliphatic heterocycles. The summed E-state index contributed by atoms with van der Waals surface area (Å²) in [6, 6.07) is 13.1. The Morgan fingerprint density at radius 3 is 2.57 bits per heavy atom. The monoisotopic (exact) mass is 477 g/mol. The van der Waals surface area contributed by atoms with Crippen LogP contribution < -0.4 is 16.1 Å². The van der Waals surface area contributed by atoms with Crippen LogP contribution in [-0.2, 0) is 10.0 Å². The highest BCUT2D eigenvalue weighted by atomic mass is 79.9. The van der Waals surface area contributed by atoms with Crippen LogP contribution in [-0.4, -0.2) is 13.4 Å². The van der Waals surface area contributed by atoms with E-state index in [9.17, 15) is 13.2 Å². The van der Waals surface area contributed by atoms with Gasteiger partial charge in [0.15, 0.2) is 5.13 Å². The summed E-state index contributed by atoms with van der Waals surface area (Å²) in [6.45, 7) is 0. The molecule has 0 saturated carbocycles. The Labute approximate surface area is 172 Å². The van der Waals surface area contributed by atoms with Gasteiger partial charge in [-0.25, -0.2) is 23.3 Å². The summed E-state index contributed by atoms with van der Waals surface area (Å²) < 4.78 is 28.9. The molecule has 4 rings (SSSR count). The fraction of sp³-hybridized carbons (Fsp3) is 0. The molecular formula is C18H12BrN3O4S2. The zero-order valence-corrected chi connectivity index (χ0v) is 17.3. The highest BCUT2D eigenvalue weighted by molar-refractivity contribution is 9.10. The second-order valence-electron chi connectivity index (χ2n) is 5.86. The summed E-state index contributed by atoms with van der Waals surface area (Å²) in [6.07, 6.45) is 0. The molecule has 4 aromatic rings. The maximum absolute atomic E-state index is 12.3. The smallest absolute Gasteiger partial charge is 0.345 e. The van der Waals surface area contributed by atoms with E-state index in [1.54, 1.807) is 35.7 Å². The van der Waals surface area contributed by atoms with Crippen LogP contribution in [0.4, 0.5) is 10.8 Å². The van der Waals surface area contributed by atoms with Crippen molar-refractivity contribution in [3.8, 4) is 11.3 Å². The molecule has 2 aromatic heterocycles. The molecule has 0 spiro atoms. The minimum Gasteiger partial charge on any atom is -0.422 e. The van der Waals surface area contributed by atoms with Crippen molar-refractivity contribution in [3.63, 3.8) is 0 Å². The van der Waals surface area contributed by atoms with Crippen molar-refractivity contribution in [1.82, 2.24) is 4.98 Å². The number of aromatic nitrogens is 1. The van der Waals surface area contributed by atoms with Gasteiger partial charge in [0.05, 0.1) is 16.2 Å². The van der Waals surface area contributed by atoms with Crippen LogP contribution in [0.1, 0.15) is 0 Å². The molecule has 10 heteroatoms. The van der Waals surface area contributed by atoms with E-state index in [2.05, 4.69) is 26.2 Å². The number of primary sulfonamides is 1. The van der Waals surface area contributed by atoms with Gasteiger partial charge in [-0.3, -0.25) is 0 Å². The molecule has 0 aliphatic rings. The molecule has 0 unspecified atom stereocenters. The van der Waals surface area contributed by atoms with Gasteiger partial charge in [-0.05, 0) is 48.5 Å². The fourth-order valence-electron chi connectivity index (χ4n) is 2.58. The number of halogens is 1. The number of fused-ring (bicyclic) bond motifs is 1. The third-order valence-corrected chi connectivity index (χ3v) is 6.09. The lowest BCUT2D eigenvalue weighted by molar-refractivity contribution is 0.563. The molecule has 2 heterocycles. The van der Waals surface area contributed by atoms with Gasteiger partial charge < -0.3 is 9.73 Å². The second kappa shape index (κ2) is 7.13. The van der Waals surface area contributed by atoms with Crippen molar-refractivity contribution < 1.29 is 12.8 Å². The molecule has 3 N–H and O–H groups in total. The summed E-state index contributed by atoms with van der Waals surface area (Å²) in [5.74, 6) is 0. The predicted molar refractivity (Wildman–Crippen MR) is 112 cm³/mol. The van der Waals surface area contributed by atoms with Crippen molar-refractivity contribution in [2.45, 2.75) is 4.90 Å². The lowest BCUT2D eigenvalue weighted by Crippen LogP contribution is -2.11. The molecule has 28 heavy (non-hydrogen) atoms. The van der Waals surface area contributed by atoms with Crippen LogP contribution in [0.15, 0.2) is 72.5 Å². The molecule has 0 amide bonds. The summed E-state index contributed by atoms with van der Waals surface area (Å²) in [4.78, 5) is 16.8. The van der Waals surface area contributed by atoms with Crippen LogP contribution in [0.2, 0.25) is 0 Å². The maximum atomic E-state index is 12.3. The molecule has 7 nitrogen and oxygen atoms in total. The number of rotatable bonds is 4. The fourth-order valence-corrected chi connectivity index (χ4v) is 4.20. The molecule has 0 atom stereocenters. The maximum Gasteiger partial charge on any atom is 0.345 e. The quantitative estimate of drug-likeness (QED) is 0.428. The average molecular weight is 478 g/mol. The normalized spacial score (nSPS) is 11.6. The van der Waals surface area contributed by atoms with E-state index in [-0.39, 0.29) is 4.90 Å². The average Bonchev–Trinajstić information content (AvgIpc) is 3.09. The first-order valence-corrected chi connectivity index (χ1v) is 11.1. The third kappa shape index (κ3) is 3.85. The van der Waals surface area contributed by atoms with Gasteiger partial charge in [-0.2, -0.15) is 0 Å². The van der Waals surface area contributed by atoms with Crippen molar-refractivity contribution in [2.24, 2.45) is 5.14 Å². The molecule has 0 saturated heterocycles. The first-order valence-electron chi connectivity index (χ1n) is 7.89. The Morgan fingerprint density at radius 1 is 1.11 bits per heavy atom. The molecule has 2 aromatic carbocycles. The van der Waals surface area contributed by atoms with Gasteiger partial charge in [-0.15, -0.1) is 11.3 Å². The minimum atomic E-state index is -3.74. The Morgan fingerprint density at radius 2 is 1.86 bits per heavy atom. The van der Waals surface area contributed by atoms with E-state index in [0.29, 0.717) is 27.7 Å². The summed E-state index contributed by atoms with van der Waals surface area (Å²) in [7, 11) is -3.74. The topological polar surface area (TPSA) is 115 Å². The largest absolute Gasteiger partial charge is 0.422 e. The molecule has 0 bridgehead atoms. The first-order chi connectivity index (χ1) is 13.3. The van der Waals surface area contributed by atoms with E-state index in [0.717, 1.165) is 9.86 Å². The number of hydrogen-bond acceptors (Lipinski definition) is 7. The number of nitrogens with two attached hydrogens (primary N) is 1. The minimum absolute atomic E-state index is 0.0258. The van der Waals surface area contributed by atoms with Gasteiger partial charge in [0.2, 0.25) is 10.0 Å². The van der Waals surface area contributed by atoms with E-state index in [1.807, 2.05) is 6.07 Å². The van der Waals surface area contributed by atoms with E-state index < -0.39 is 15.6 Å². The van der Waals surface area contributed by atoms with Gasteiger partial charge >= 0.3 is 5.63 Å². The van der Waals surface area contributed by atoms with E-state index in [1.165, 1.54) is 23.5 Å². The van der Waals surface area contributed by atoms with Crippen molar-refractivity contribution in [2.75, 3.05) is 5.32 Å². The second-order valence-corrected chi connectivity index (χ2v) is 9.20. The number of anilines is 2. The number of hydrogen-bond donors (Lipinski definition) is 2. The van der Waals surface area contributed by atoms with Crippen molar-refractivity contribution >= 4 is 59.1 Å². The number of sulfonamides is 1. The van der Waals surface area contributed by atoms with E-state index in [4.69, 9.17) is 9.56 Å². The first kappa shape index (κ1) is 18.8. The molecular weight excluding hydrogens is 466 g/mol. The Hall–Kier alpha value is -2.53. The van der Waals surface area contributed by atoms with Crippen molar-refractivity contribution in [3.05, 3.63) is 68.8 Å². The van der Waals surface area contributed by atoms with Crippen molar-refractivity contribution in [1.29, 1.82) is 0 Å². The van der Waals surface area contributed by atoms with Crippen LogP contribution in [0.25, 0.3) is 22.2 Å². The summed E-state index contributed by atoms with van der Waals surface area (Å²) in [5, 5.41) is 11.2. The molecule has 0 fully saturated rings. The molecule has 142 valence electrons. The Balaban J connectivity index is 1.63. The van der Waals surface area contributed by atoms with Crippen LogP contribution in [0.5, 0.6) is 0 Å². The van der Waals surface area contributed by atoms with E-state index >= 15 is 0 Å². The van der Waals surface area contributed by atoms with Crippen LogP contribution >= 0.6 is 27.3 Å². The number of benzene rings is 2. The Kier molecular flexibility index (Phi) is 4.79. The Bertz CT molecular complexity index is 1350. The number of nitrogens with one attached hydrogen (secondary N) is 1. The summed E-state index contributed by atoms with van der Waals surface area (Å²) >= 11 is 4.71. The molecule has 0 radical (unpaired) electrons.